The third-order valence-corrected chi connectivity index (χ3v) is 5.98. The quantitative estimate of drug-likeness (QED) is 0.664. The van der Waals surface area contributed by atoms with Gasteiger partial charge in [-0.05, 0) is 36.4 Å². The Morgan fingerprint density at radius 1 is 1.11 bits per heavy atom. The van der Waals surface area contributed by atoms with E-state index < -0.39 is 15.8 Å². The van der Waals surface area contributed by atoms with Crippen LogP contribution in [0.3, 0.4) is 0 Å². The van der Waals surface area contributed by atoms with Crippen LogP contribution in [0.15, 0.2) is 53.4 Å². The number of carbonyl (C=O) groups excluding carboxylic acids is 1. The van der Waals surface area contributed by atoms with Crippen molar-refractivity contribution in [3.8, 4) is 5.75 Å². The van der Waals surface area contributed by atoms with Crippen LogP contribution in [-0.4, -0.2) is 44.9 Å². The smallest absolute Gasteiger partial charge is 0.251 e. The fraction of sp³-hybridized carbons (Fsp3) is 0.316. The van der Waals surface area contributed by atoms with Gasteiger partial charge in [0.25, 0.3) is 5.91 Å². The van der Waals surface area contributed by atoms with Crippen molar-refractivity contribution in [1.82, 2.24) is 9.62 Å². The van der Waals surface area contributed by atoms with Gasteiger partial charge < -0.3 is 10.1 Å². The van der Waals surface area contributed by atoms with Gasteiger partial charge in [-0.15, -0.1) is 0 Å². The van der Waals surface area contributed by atoms with E-state index in [9.17, 15) is 17.6 Å². The van der Waals surface area contributed by atoms with E-state index in [2.05, 4.69) is 5.32 Å². The van der Waals surface area contributed by atoms with Gasteiger partial charge in [-0.25, -0.2) is 12.8 Å². The molecular weight excluding hydrogens is 371 g/mol. The van der Waals surface area contributed by atoms with E-state index in [0.29, 0.717) is 24.4 Å². The van der Waals surface area contributed by atoms with E-state index in [-0.39, 0.29) is 24.0 Å². The predicted molar refractivity (Wildman–Crippen MR) is 101 cm³/mol. The molecule has 2 aromatic carbocycles. The van der Waals surface area contributed by atoms with Gasteiger partial charge in [-0.3, -0.25) is 4.79 Å². The number of halogens is 1. The second-order valence-corrected chi connectivity index (χ2v) is 7.61. The van der Waals surface area contributed by atoms with Crippen molar-refractivity contribution in [1.29, 1.82) is 0 Å². The Hall–Kier alpha value is -2.45. The van der Waals surface area contributed by atoms with E-state index in [1.807, 2.05) is 0 Å². The average Bonchev–Trinajstić information content (AvgIpc) is 2.66. The number of nitrogens with zero attached hydrogens (tertiary/aromatic N) is 1. The molecule has 6 nitrogen and oxygen atoms in total. The molecule has 8 heteroatoms. The number of hydrogen-bond acceptors (Lipinski definition) is 4. The summed E-state index contributed by atoms with van der Waals surface area (Å²) in [5.41, 5.74) is 0.347. The van der Waals surface area contributed by atoms with Crippen LogP contribution in [0.1, 0.15) is 24.2 Å². The van der Waals surface area contributed by atoms with E-state index in [1.54, 1.807) is 19.9 Å². The molecule has 0 saturated heterocycles. The normalized spacial score (nSPS) is 11.4. The second kappa shape index (κ2) is 9.48. The van der Waals surface area contributed by atoms with Gasteiger partial charge in [0.2, 0.25) is 10.0 Å². The third-order valence-electron chi connectivity index (χ3n) is 3.91. The van der Waals surface area contributed by atoms with E-state index in [1.165, 1.54) is 46.8 Å². The summed E-state index contributed by atoms with van der Waals surface area (Å²) in [6.07, 6.45) is 0. The molecule has 0 aliphatic carbocycles. The first-order chi connectivity index (χ1) is 12.9. The number of nitrogens with one attached hydrogen (secondary N) is 1. The molecule has 0 fully saturated rings. The molecule has 2 aromatic rings. The van der Waals surface area contributed by atoms with Crippen LogP contribution in [-0.2, 0) is 10.0 Å². The molecule has 0 aliphatic rings. The number of amides is 1. The fourth-order valence-electron chi connectivity index (χ4n) is 2.48. The molecule has 0 bridgehead atoms. The molecule has 0 spiro atoms. The molecule has 0 heterocycles. The SMILES string of the molecule is CCN(CC)S(=O)(=O)c1ccc(C(=O)NCCOc2cccc(F)c2)cc1. The largest absolute Gasteiger partial charge is 0.492 e. The molecular formula is C19H23FN2O4S. The zero-order chi connectivity index (χ0) is 19.9. The second-order valence-electron chi connectivity index (χ2n) is 5.68. The first-order valence-corrected chi connectivity index (χ1v) is 10.1. The highest BCUT2D eigenvalue weighted by Gasteiger charge is 2.21. The topological polar surface area (TPSA) is 75.7 Å². The summed E-state index contributed by atoms with van der Waals surface area (Å²) in [4.78, 5) is 12.3. The summed E-state index contributed by atoms with van der Waals surface area (Å²) in [6.45, 7) is 4.72. The van der Waals surface area contributed by atoms with Crippen LogP contribution >= 0.6 is 0 Å². The van der Waals surface area contributed by atoms with Crippen molar-refractivity contribution in [2.45, 2.75) is 18.7 Å². The highest BCUT2D eigenvalue weighted by Crippen LogP contribution is 2.16. The monoisotopic (exact) mass is 394 g/mol. The van der Waals surface area contributed by atoms with Crippen molar-refractivity contribution in [3.05, 3.63) is 59.9 Å². The molecule has 1 amide bonds. The van der Waals surface area contributed by atoms with Gasteiger partial charge in [-0.1, -0.05) is 19.9 Å². The summed E-state index contributed by atoms with van der Waals surface area (Å²) in [5.74, 6) is -0.351. The minimum absolute atomic E-state index is 0.150. The first-order valence-electron chi connectivity index (χ1n) is 8.65. The summed E-state index contributed by atoms with van der Waals surface area (Å²) in [5, 5.41) is 2.67. The van der Waals surface area contributed by atoms with Gasteiger partial charge in [0, 0.05) is 24.7 Å². The Balaban J connectivity index is 1.90. The Labute approximate surface area is 159 Å². The van der Waals surface area contributed by atoms with Gasteiger partial charge in [0.1, 0.15) is 18.2 Å². The number of ether oxygens (including phenoxy) is 1. The maximum absolute atomic E-state index is 13.0. The van der Waals surface area contributed by atoms with E-state index in [0.717, 1.165) is 0 Å². The standard InChI is InChI=1S/C19H23FN2O4S/c1-3-22(4-2)27(24,25)18-10-8-15(9-11-18)19(23)21-12-13-26-17-7-5-6-16(20)14-17/h5-11,14H,3-4,12-13H2,1-2H3,(H,21,23). The maximum Gasteiger partial charge on any atom is 0.251 e. The summed E-state index contributed by atoms with van der Waals surface area (Å²) >= 11 is 0. The Kier molecular flexibility index (Phi) is 7.32. The Bertz CT molecular complexity index is 866. The molecule has 0 atom stereocenters. The first kappa shape index (κ1) is 20.9. The van der Waals surface area contributed by atoms with Crippen LogP contribution in [0.2, 0.25) is 0 Å². The summed E-state index contributed by atoms with van der Waals surface area (Å²) in [6, 6.07) is 11.5. The fourth-order valence-corrected chi connectivity index (χ4v) is 3.94. The highest BCUT2D eigenvalue weighted by molar-refractivity contribution is 7.89. The van der Waals surface area contributed by atoms with Crippen LogP contribution in [0.25, 0.3) is 0 Å². The molecule has 0 unspecified atom stereocenters. The van der Waals surface area contributed by atoms with Gasteiger partial charge in [-0.2, -0.15) is 4.31 Å². The number of sulfonamides is 1. The van der Waals surface area contributed by atoms with E-state index >= 15 is 0 Å². The predicted octanol–water partition coefficient (Wildman–Crippen LogP) is 2.67. The molecule has 0 aromatic heterocycles. The molecule has 27 heavy (non-hydrogen) atoms. The summed E-state index contributed by atoms with van der Waals surface area (Å²) < 4.78 is 44.6. The molecule has 2 rings (SSSR count). The zero-order valence-corrected chi connectivity index (χ0v) is 16.1. The van der Waals surface area contributed by atoms with Crippen molar-refractivity contribution >= 4 is 15.9 Å². The minimum Gasteiger partial charge on any atom is -0.492 e. The van der Waals surface area contributed by atoms with Crippen LogP contribution in [0, 0.1) is 5.82 Å². The third kappa shape index (κ3) is 5.51. The lowest BCUT2D eigenvalue weighted by Crippen LogP contribution is -2.31. The van der Waals surface area contributed by atoms with Crippen LogP contribution < -0.4 is 10.1 Å². The van der Waals surface area contributed by atoms with Crippen LogP contribution in [0.4, 0.5) is 4.39 Å². The molecule has 0 aliphatic heterocycles. The highest BCUT2D eigenvalue weighted by atomic mass is 32.2. The lowest BCUT2D eigenvalue weighted by molar-refractivity contribution is 0.0947. The number of carbonyl (C=O) groups is 1. The zero-order valence-electron chi connectivity index (χ0n) is 15.3. The van der Waals surface area contributed by atoms with Crippen molar-refractivity contribution in [3.63, 3.8) is 0 Å². The van der Waals surface area contributed by atoms with Crippen molar-refractivity contribution in [2.24, 2.45) is 0 Å². The Morgan fingerprint density at radius 2 is 1.78 bits per heavy atom. The number of rotatable bonds is 9. The van der Waals surface area contributed by atoms with Gasteiger partial charge >= 0.3 is 0 Å². The molecule has 146 valence electrons. The lowest BCUT2D eigenvalue weighted by atomic mass is 10.2. The summed E-state index contributed by atoms with van der Waals surface area (Å²) in [7, 11) is -3.55. The van der Waals surface area contributed by atoms with Crippen molar-refractivity contribution < 1.29 is 22.3 Å². The average molecular weight is 394 g/mol. The van der Waals surface area contributed by atoms with Gasteiger partial charge in [0.05, 0.1) is 11.4 Å². The van der Waals surface area contributed by atoms with Crippen LogP contribution in [0.5, 0.6) is 5.75 Å². The number of hydrogen-bond donors (Lipinski definition) is 1. The van der Waals surface area contributed by atoms with E-state index in [4.69, 9.17) is 4.74 Å². The minimum atomic E-state index is -3.55. The number of benzene rings is 2. The van der Waals surface area contributed by atoms with Gasteiger partial charge in [0.15, 0.2) is 0 Å². The molecule has 0 saturated carbocycles. The molecule has 0 radical (unpaired) electrons. The lowest BCUT2D eigenvalue weighted by Gasteiger charge is -2.18. The maximum atomic E-state index is 13.0. The molecule has 1 N–H and O–H groups in total. The Morgan fingerprint density at radius 3 is 2.37 bits per heavy atom. The van der Waals surface area contributed by atoms with Crippen molar-refractivity contribution in [2.75, 3.05) is 26.2 Å².